The number of hydrogen-bond acceptors (Lipinski definition) is 3. The predicted octanol–water partition coefficient (Wildman–Crippen LogP) is 3.57. The molecule has 0 aromatic heterocycles. The van der Waals surface area contributed by atoms with Crippen molar-refractivity contribution in [2.24, 2.45) is 5.92 Å². The molecule has 112 valence electrons. The zero-order valence-electron chi connectivity index (χ0n) is 12.1. The van der Waals surface area contributed by atoms with E-state index in [1.807, 2.05) is 25.1 Å². The molecule has 0 amide bonds. The highest BCUT2D eigenvalue weighted by atomic mass is 79.9. The summed E-state index contributed by atoms with van der Waals surface area (Å²) < 4.78 is 11.7. The van der Waals surface area contributed by atoms with Crippen molar-refractivity contribution >= 4 is 15.9 Å². The first kappa shape index (κ1) is 15.8. The molecule has 1 N–H and O–H groups in total. The average molecular weight is 343 g/mol. The Morgan fingerprint density at radius 2 is 2.15 bits per heavy atom. The van der Waals surface area contributed by atoms with Gasteiger partial charge in [0.15, 0.2) is 0 Å². The second-order valence-corrected chi connectivity index (χ2v) is 6.33. The second-order valence-electron chi connectivity index (χ2n) is 5.48. The van der Waals surface area contributed by atoms with E-state index in [0.29, 0.717) is 18.4 Å². The molecular weight excluding hydrogens is 320 g/mol. The SMILES string of the molecule is CCOC1CC(CC(O)Cc2ccc(OC)c(Br)c2)C1. The molecule has 0 radical (unpaired) electrons. The lowest BCUT2D eigenvalue weighted by Crippen LogP contribution is -2.34. The third kappa shape index (κ3) is 4.21. The van der Waals surface area contributed by atoms with Crippen LogP contribution in [-0.4, -0.2) is 31.0 Å². The highest BCUT2D eigenvalue weighted by Crippen LogP contribution is 2.34. The monoisotopic (exact) mass is 342 g/mol. The van der Waals surface area contributed by atoms with Crippen LogP contribution in [0.4, 0.5) is 0 Å². The summed E-state index contributed by atoms with van der Waals surface area (Å²) >= 11 is 3.47. The highest BCUT2D eigenvalue weighted by Gasteiger charge is 2.30. The van der Waals surface area contributed by atoms with Crippen LogP contribution in [0.3, 0.4) is 0 Å². The molecule has 0 saturated heterocycles. The molecule has 1 unspecified atom stereocenters. The van der Waals surface area contributed by atoms with E-state index in [1.54, 1.807) is 7.11 Å². The quantitative estimate of drug-likeness (QED) is 0.823. The number of methoxy groups -OCH3 is 1. The Labute approximate surface area is 129 Å². The molecule has 1 aromatic carbocycles. The Morgan fingerprint density at radius 3 is 2.75 bits per heavy atom. The van der Waals surface area contributed by atoms with Crippen molar-refractivity contribution in [1.82, 2.24) is 0 Å². The standard InChI is InChI=1S/C16H23BrO3/c1-3-20-14-8-12(9-14)7-13(18)6-11-4-5-16(19-2)15(17)10-11/h4-5,10,12-14,18H,3,6-9H2,1-2H3. The van der Waals surface area contributed by atoms with Gasteiger partial charge in [0.1, 0.15) is 5.75 Å². The first-order valence-electron chi connectivity index (χ1n) is 7.24. The van der Waals surface area contributed by atoms with E-state index < -0.39 is 0 Å². The van der Waals surface area contributed by atoms with Crippen LogP contribution in [0.5, 0.6) is 5.75 Å². The molecule has 0 aliphatic heterocycles. The van der Waals surface area contributed by atoms with E-state index in [4.69, 9.17) is 9.47 Å². The molecular formula is C16H23BrO3. The zero-order valence-corrected chi connectivity index (χ0v) is 13.7. The van der Waals surface area contributed by atoms with Gasteiger partial charge in [-0.1, -0.05) is 6.07 Å². The van der Waals surface area contributed by atoms with Crippen molar-refractivity contribution < 1.29 is 14.6 Å². The molecule has 2 rings (SSSR count). The lowest BCUT2D eigenvalue weighted by molar-refractivity contribution is -0.0375. The Bertz CT molecular complexity index is 430. The summed E-state index contributed by atoms with van der Waals surface area (Å²) in [6, 6.07) is 5.96. The summed E-state index contributed by atoms with van der Waals surface area (Å²) in [5, 5.41) is 10.2. The Morgan fingerprint density at radius 1 is 1.40 bits per heavy atom. The fraction of sp³-hybridized carbons (Fsp3) is 0.625. The van der Waals surface area contributed by atoms with Crippen molar-refractivity contribution in [2.45, 2.75) is 44.8 Å². The Kier molecular flexibility index (Phi) is 5.87. The van der Waals surface area contributed by atoms with Crippen molar-refractivity contribution in [3.8, 4) is 5.75 Å². The molecule has 1 aliphatic carbocycles. The van der Waals surface area contributed by atoms with Gasteiger partial charge in [-0.25, -0.2) is 0 Å². The topological polar surface area (TPSA) is 38.7 Å². The summed E-state index contributed by atoms with van der Waals surface area (Å²) in [7, 11) is 1.65. The molecule has 1 atom stereocenters. The van der Waals surface area contributed by atoms with Gasteiger partial charge in [-0.2, -0.15) is 0 Å². The number of aliphatic hydroxyl groups excluding tert-OH is 1. The molecule has 0 bridgehead atoms. The van der Waals surface area contributed by atoms with Crippen molar-refractivity contribution in [1.29, 1.82) is 0 Å². The maximum atomic E-state index is 10.2. The molecule has 1 aromatic rings. The molecule has 0 spiro atoms. The number of halogens is 1. The van der Waals surface area contributed by atoms with Gasteiger partial charge >= 0.3 is 0 Å². The number of rotatable bonds is 7. The summed E-state index contributed by atoms with van der Waals surface area (Å²) in [6.07, 6.45) is 3.90. The molecule has 4 heteroatoms. The van der Waals surface area contributed by atoms with Crippen LogP contribution in [0.2, 0.25) is 0 Å². The van der Waals surface area contributed by atoms with Gasteiger partial charge in [-0.15, -0.1) is 0 Å². The van der Waals surface area contributed by atoms with Gasteiger partial charge in [0.05, 0.1) is 23.8 Å². The molecule has 20 heavy (non-hydrogen) atoms. The first-order valence-corrected chi connectivity index (χ1v) is 8.03. The van der Waals surface area contributed by atoms with Gasteiger partial charge in [0, 0.05) is 6.61 Å². The lowest BCUT2D eigenvalue weighted by atomic mass is 9.78. The van der Waals surface area contributed by atoms with Gasteiger partial charge in [0.2, 0.25) is 0 Å². The molecule has 1 aliphatic rings. The van der Waals surface area contributed by atoms with Gasteiger partial charge in [0.25, 0.3) is 0 Å². The van der Waals surface area contributed by atoms with Gasteiger partial charge in [-0.3, -0.25) is 0 Å². The summed E-state index contributed by atoms with van der Waals surface area (Å²) in [5.74, 6) is 1.44. The maximum absolute atomic E-state index is 10.2. The summed E-state index contributed by atoms with van der Waals surface area (Å²) in [5.41, 5.74) is 1.13. The fourth-order valence-corrected chi connectivity index (χ4v) is 3.40. The Hall–Kier alpha value is -0.580. The van der Waals surface area contributed by atoms with Crippen LogP contribution in [0, 0.1) is 5.92 Å². The largest absolute Gasteiger partial charge is 0.496 e. The van der Waals surface area contributed by atoms with E-state index in [2.05, 4.69) is 15.9 Å². The number of benzene rings is 1. The van der Waals surface area contributed by atoms with E-state index >= 15 is 0 Å². The van der Waals surface area contributed by atoms with E-state index in [9.17, 15) is 5.11 Å². The second kappa shape index (κ2) is 7.43. The van der Waals surface area contributed by atoms with Crippen LogP contribution in [0.15, 0.2) is 22.7 Å². The number of hydrogen-bond donors (Lipinski definition) is 1. The molecule has 1 fully saturated rings. The molecule has 3 nitrogen and oxygen atoms in total. The van der Waals surface area contributed by atoms with Crippen LogP contribution < -0.4 is 4.74 Å². The van der Waals surface area contributed by atoms with Crippen molar-refractivity contribution in [3.63, 3.8) is 0 Å². The normalized spacial score (nSPS) is 23.2. The summed E-state index contributed by atoms with van der Waals surface area (Å²) in [4.78, 5) is 0. The lowest BCUT2D eigenvalue weighted by Gasteiger charge is -2.36. The van der Waals surface area contributed by atoms with E-state index in [1.165, 1.54) is 0 Å². The third-order valence-corrected chi connectivity index (χ3v) is 4.51. The van der Waals surface area contributed by atoms with Crippen LogP contribution in [0.1, 0.15) is 31.7 Å². The predicted molar refractivity (Wildman–Crippen MR) is 83.2 cm³/mol. The number of aliphatic hydroxyl groups is 1. The smallest absolute Gasteiger partial charge is 0.133 e. The first-order chi connectivity index (χ1) is 9.62. The average Bonchev–Trinajstić information content (AvgIpc) is 2.36. The van der Waals surface area contributed by atoms with Crippen LogP contribution >= 0.6 is 15.9 Å². The zero-order chi connectivity index (χ0) is 14.5. The number of ether oxygens (including phenoxy) is 2. The molecule has 1 saturated carbocycles. The van der Waals surface area contributed by atoms with Gasteiger partial charge < -0.3 is 14.6 Å². The van der Waals surface area contributed by atoms with Crippen LogP contribution in [-0.2, 0) is 11.2 Å². The van der Waals surface area contributed by atoms with Crippen molar-refractivity contribution in [3.05, 3.63) is 28.2 Å². The highest BCUT2D eigenvalue weighted by molar-refractivity contribution is 9.10. The Balaban J connectivity index is 1.77. The fourth-order valence-electron chi connectivity index (χ4n) is 2.82. The van der Waals surface area contributed by atoms with E-state index in [-0.39, 0.29) is 6.10 Å². The third-order valence-electron chi connectivity index (χ3n) is 3.89. The molecule has 0 heterocycles. The van der Waals surface area contributed by atoms with E-state index in [0.717, 1.165) is 41.7 Å². The summed E-state index contributed by atoms with van der Waals surface area (Å²) in [6.45, 7) is 2.82. The minimum Gasteiger partial charge on any atom is -0.496 e. The minimum absolute atomic E-state index is 0.275. The van der Waals surface area contributed by atoms with Crippen molar-refractivity contribution in [2.75, 3.05) is 13.7 Å². The maximum Gasteiger partial charge on any atom is 0.133 e. The van der Waals surface area contributed by atoms with Crippen LogP contribution in [0.25, 0.3) is 0 Å². The minimum atomic E-state index is -0.275. The van der Waals surface area contributed by atoms with Gasteiger partial charge in [-0.05, 0) is 72.2 Å².